The number of non-ortho nitro benzene ring substituents is 1. The zero-order valence-electron chi connectivity index (χ0n) is 14.2. The van der Waals surface area contributed by atoms with Gasteiger partial charge in [0.15, 0.2) is 5.11 Å². The fraction of sp³-hybridized carbons (Fsp3) is 0.118. The maximum atomic E-state index is 12.2. The summed E-state index contributed by atoms with van der Waals surface area (Å²) in [6, 6.07) is 7.20. The molecule has 0 atom stereocenters. The molecule has 1 aliphatic rings. The van der Waals surface area contributed by atoms with Crippen molar-refractivity contribution in [2.45, 2.75) is 0 Å². The van der Waals surface area contributed by atoms with Crippen LogP contribution in [-0.2, 0) is 9.59 Å². The maximum Gasteiger partial charge on any atom is 0.270 e. The van der Waals surface area contributed by atoms with Crippen LogP contribution in [0.4, 0.5) is 5.69 Å². The number of hydrogen-bond acceptors (Lipinski definition) is 7. The molecule has 0 bridgehead atoms. The zero-order valence-corrected chi connectivity index (χ0v) is 15.0. The highest BCUT2D eigenvalue weighted by atomic mass is 32.1. The van der Waals surface area contributed by atoms with Gasteiger partial charge in [-0.05, 0) is 36.5 Å². The number of amides is 2. The number of rotatable bonds is 4. The molecular formula is C17H13N3O6S. The van der Waals surface area contributed by atoms with E-state index in [4.69, 9.17) is 21.4 Å². The Morgan fingerprint density at radius 3 is 2.70 bits per heavy atom. The highest BCUT2D eigenvalue weighted by Gasteiger charge is 2.31. The van der Waals surface area contributed by atoms with E-state index in [0.29, 0.717) is 11.3 Å². The maximum absolute atomic E-state index is 12.2. The van der Waals surface area contributed by atoms with E-state index in [1.807, 2.05) is 0 Å². The van der Waals surface area contributed by atoms with E-state index in [0.717, 1.165) is 4.90 Å². The molecule has 1 N–H and O–H groups in total. The Balaban J connectivity index is 1.99. The Morgan fingerprint density at radius 1 is 1.30 bits per heavy atom. The summed E-state index contributed by atoms with van der Waals surface area (Å²) in [6.07, 6.45) is 1.28. The van der Waals surface area contributed by atoms with Gasteiger partial charge in [0.1, 0.15) is 22.8 Å². The van der Waals surface area contributed by atoms with Gasteiger partial charge in [0.2, 0.25) is 0 Å². The van der Waals surface area contributed by atoms with Gasteiger partial charge in [0, 0.05) is 19.2 Å². The standard InChI is InChI=1S/C17H13N3O6S/c1-19-16(22)12(15(21)18-17(19)27)8-10-4-6-14(26-10)11-7-9(20(23)24)3-5-13(11)25-2/h3-8H,1-2H3,(H,18,21,27). The van der Waals surface area contributed by atoms with Gasteiger partial charge in [-0.1, -0.05) is 0 Å². The largest absolute Gasteiger partial charge is 0.496 e. The van der Waals surface area contributed by atoms with Crippen LogP contribution in [0.2, 0.25) is 0 Å². The molecule has 9 nitrogen and oxygen atoms in total. The lowest BCUT2D eigenvalue weighted by atomic mass is 10.1. The first kappa shape index (κ1) is 18.3. The van der Waals surface area contributed by atoms with Gasteiger partial charge >= 0.3 is 0 Å². The molecule has 2 heterocycles. The Kier molecular flexibility index (Phi) is 4.74. The monoisotopic (exact) mass is 387 g/mol. The number of methoxy groups -OCH3 is 1. The summed E-state index contributed by atoms with van der Waals surface area (Å²) in [5, 5.41) is 13.4. The first-order valence-electron chi connectivity index (χ1n) is 7.59. The Hall–Kier alpha value is -3.53. The molecule has 1 fully saturated rings. The van der Waals surface area contributed by atoms with Crippen LogP contribution in [0.5, 0.6) is 5.75 Å². The van der Waals surface area contributed by atoms with Gasteiger partial charge in [-0.25, -0.2) is 0 Å². The second kappa shape index (κ2) is 7.00. The highest BCUT2D eigenvalue weighted by Crippen LogP contribution is 2.34. The molecule has 2 amide bonds. The third kappa shape index (κ3) is 3.42. The number of nitrogens with one attached hydrogen (secondary N) is 1. The second-order valence-electron chi connectivity index (χ2n) is 5.53. The molecule has 27 heavy (non-hydrogen) atoms. The van der Waals surface area contributed by atoms with E-state index in [1.165, 1.54) is 44.5 Å². The lowest BCUT2D eigenvalue weighted by Gasteiger charge is -2.24. The van der Waals surface area contributed by atoms with E-state index < -0.39 is 16.7 Å². The number of carbonyl (C=O) groups excluding carboxylic acids is 2. The minimum atomic E-state index is -0.631. The van der Waals surface area contributed by atoms with Crippen LogP contribution in [-0.4, -0.2) is 40.9 Å². The highest BCUT2D eigenvalue weighted by molar-refractivity contribution is 7.80. The van der Waals surface area contributed by atoms with Gasteiger partial charge in [0.25, 0.3) is 17.5 Å². The smallest absolute Gasteiger partial charge is 0.270 e. The number of carbonyl (C=O) groups is 2. The van der Waals surface area contributed by atoms with Crippen molar-refractivity contribution >= 4 is 40.9 Å². The molecule has 1 aromatic carbocycles. The van der Waals surface area contributed by atoms with Crippen LogP contribution < -0.4 is 10.1 Å². The quantitative estimate of drug-likeness (QED) is 0.281. The van der Waals surface area contributed by atoms with Crippen molar-refractivity contribution in [2.75, 3.05) is 14.2 Å². The number of benzene rings is 1. The average Bonchev–Trinajstić information content (AvgIpc) is 3.11. The Morgan fingerprint density at radius 2 is 2.04 bits per heavy atom. The van der Waals surface area contributed by atoms with Crippen LogP contribution >= 0.6 is 12.2 Å². The minimum absolute atomic E-state index is 0.0172. The van der Waals surface area contributed by atoms with E-state index in [2.05, 4.69) is 5.32 Å². The van der Waals surface area contributed by atoms with Crippen molar-refractivity contribution in [3.05, 3.63) is 51.8 Å². The number of hydrogen-bond donors (Lipinski definition) is 1. The number of ether oxygens (including phenoxy) is 1. The van der Waals surface area contributed by atoms with Crippen LogP contribution in [0.3, 0.4) is 0 Å². The van der Waals surface area contributed by atoms with Crippen molar-refractivity contribution in [3.63, 3.8) is 0 Å². The van der Waals surface area contributed by atoms with Crippen molar-refractivity contribution in [1.29, 1.82) is 0 Å². The molecule has 0 saturated carbocycles. The van der Waals surface area contributed by atoms with Gasteiger partial charge in [-0.15, -0.1) is 0 Å². The molecule has 0 unspecified atom stereocenters. The van der Waals surface area contributed by atoms with Crippen LogP contribution in [0.1, 0.15) is 5.76 Å². The molecule has 0 spiro atoms. The van der Waals surface area contributed by atoms with Gasteiger partial charge < -0.3 is 9.15 Å². The average molecular weight is 387 g/mol. The summed E-state index contributed by atoms with van der Waals surface area (Å²) in [4.78, 5) is 35.8. The van der Waals surface area contributed by atoms with Crippen LogP contribution in [0.25, 0.3) is 17.4 Å². The summed E-state index contributed by atoms with van der Waals surface area (Å²) >= 11 is 4.88. The Labute approximate surface area is 158 Å². The Bertz CT molecular complexity index is 1010. The fourth-order valence-electron chi connectivity index (χ4n) is 2.47. The number of nitro groups is 1. The van der Waals surface area contributed by atoms with Gasteiger partial charge in [-0.2, -0.15) is 0 Å². The lowest BCUT2D eigenvalue weighted by molar-refractivity contribution is -0.384. The molecule has 3 rings (SSSR count). The number of furan rings is 1. The molecular weight excluding hydrogens is 374 g/mol. The van der Waals surface area contributed by atoms with E-state index in [-0.39, 0.29) is 27.9 Å². The molecule has 1 aromatic heterocycles. The number of thiocarbonyl (C=S) groups is 1. The van der Waals surface area contributed by atoms with Crippen molar-refractivity contribution in [1.82, 2.24) is 10.2 Å². The SMILES string of the molecule is COc1ccc([N+](=O)[O-])cc1-c1ccc(C=C2C(=O)NC(=S)N(C)C2=O)o1. The number of nitro benzene ring substituents is 1. The summed E-state index contributed by atoms with van der Waals surface area (Å²) in [5.74, 6) is -0.303. The zero-order chi connectivity index (χ0) is 19.7. The number of likely N-dealkylation sites (N-methyl/N-ethyl adjacent to an activating group) is 1. The molecule has 10 heteroatoms. The second-order valence-corrected chi connectivity index (χ2v) is 5.91. The molecule has 0 aliphatic carbocycles. The lowest BCUT2D eigenvalue weighted by Crippen LogP contribution is -2.52. The first-order valence-corrected chi connectivity index (χ1v) is 8.00. The fourth-order valence-corrected chi connectivity index (χ4v) is 2.64. The third-order valence-electron chi connectivity index (χ3n) is 3.88. The first-order chi connectivity index (χ1) is 12.8. The van der Waals surface area contributed by atoms with E-state index in [1.54, 1.807) is 6.07 Å². The molecule has 2 aromatic rings. The van der Waals surface area contributed by atoms with Crippen molar-refractivity contribution in [3.8, 4) is 17.1 Å². The van der Waals surface area contributed by atoms with Crippen molar-refractivity contribution in [2.24, 2.45) is 0 Å². The topological polar surface area (TPSA) is 115 Å². The van der Waals surface area contributed by atoms with Gasteiger partial charge in [-0.3, -0.25) is 29.9 Å². The summed E-state index contributed by atoms with van der Waals surface area (Å²) < 4.78 is 10.9. The van der Waals surface area contributed by atoms with Crippen molar-refractivity contribution < 1.29 is 23.7 Å². The summed E-state index contributed by atoms with van der Waals surface area (Å²) in [6.45, 7) is 0. The van der Waals surface area contributed by atoms with Crippen LogP contribution in [0.15, 0.2) is 40.3 Å². The molecule has 138 valence electrons. The van der Waals surface area contributed by atoms with Crippen LogP contribution in [0, 0.1) is 10.1 Å². The minimum Gasteiger partial charge on any atom is -0.496 e. The predicted molar refractivity (Wildman–Crippen MR) is 98.8 cm³/mol. The summed E-state index contributed by atoms with van der Waals surface area (Å²) in [5.41, 5.74) is 0.103. The molecule has 1 aliphatic heterocycles. The van der Waals surface area contributed by atoms with E-state index in [9.17, 15) is 19.7 Å². The number of nitrogens with zero attached hydrogens (tertiary/aromatic N) is 2. The van der Waals surface area contributed by atoms with Gasteiger partial charge in [0.05, 0.1) is 17.6 Å². The molecule has 1 saturated heterocycles. The normalized spacial score (nSPS) is 15.9. The predicted octanol–water partition coefficient (Wildman–Crippen LogP) is 2.12. The summed E-state index contributed by atoms with van der Waals surface area (Å²) in [7, 11) is 2.87. The molecule has 0 radical (unpaired) electrons. The van der Waals surface area contributed by atoms with E-state index >= 15 is 0 Å². The third-order valence-corrected chi connectivity index (χ3v) is 4.25.